The molecule has 1 atom stereocenters. The highest BCUT2D eigenvalue weighted by molar-refractivity contribution is 5.31. The summed E-state index contributed by atoms with van der Waals surface area (Å²) in [5, 5.41) is 9.10. The molecule has 0 aromatic heterocycles. The van der Waals surface area contributed by atoms with Crippen molar-refractivity contribution in [2.24, 2.45) is 0 Å². The summed E-state index contributed by atoms with van der Waals surface area (Å²) in [7, 11) is 0. The molecule has 1 aliphatic heterocycles. The van der Waals surface area contributed by atoms with Crippen molar-refractivity contribution in [1.82, 2.24) is 0 Å². The summed E-state index contributed by atoms with van der Waals surface area (Å²) >= 11 is 0. The van der Waals surface area contributed by atoms with Gasteiger partial charge in [-0.2, -0.15) is 0 Å². The predicted octanol–water partition coefficient (Wildman–Crippen LogP) is 1.81. The summed E-state index contributed by atoms with van der Waals surface area (Å²) in [5.41, 5.74) is 2.01. The molecule has 68 valence electrons. The highest BCUT2D eigenvalue weighted by Crippen LogP contribution is 2.25. The van der Waals surface area contributed by atoms with Crippen molar-refractivity contribution in [3.05, 3.63) is 47.5 Å². The van der Waals surface area contributed by atoms with Crippen LogP contribution in [0.15, 0.2) is 36.4 Å². The molecule has 1 N–H and O–H groups in total. The van der Waals surface area contributed by atoms with Crippen LogP contribution in [0.5, 0.6) is 0 Å². The lowest BCUT2D eigenvalue weighted by Gasteiger charge is -2.12. The Kier molecular flexibility index (Phi) is 2.43. The minimum Gasteiger partial charge on any atom is -0.392 e. The standard InChI is InChI=1S/C11H12O2/c12-8-9-4-1-2-5-10(9)11-6-3-7-13-11/h1-6,11-12H,7-8H2. The molecule has 0 spiro atoms. The second kappa shape index (κ2) is 3.73. The van der Waals surface area contributed by atoms with E-state index in [0.29, 0.717) is 6.61 Å². The molecule has 0 radical (unpaired) electrons. The maximum atomic E-state index is 9.10. The number of hydrogen-bond donors (Lipinski definition) is 1. The average Bonchev–Trinajstić information content (AvgIpc) is 2.70. The van der Waals surface area contributed by atoms with E-state index in [0.717, 1.165) is 11.1 Å². The summed E-state index contributed by atoms with van der Waals surface area (Å²) in [6, 6.07) is 7.80. The zero-order valence-electron chi connectivity index (χ0n) is 7.31. The molecule has 0 saturated carbocycles. The van der Waals surface area contributed by atoms with Crippen LogP contribution in [0.1, 0.15) is 17.2 Å². The highest BCUT2D eigenvalue weighted by Gasteiger charge is 2.14. The Bertz CT molecular complexity index is 318. The first-order valence-corrected chi connectivity index (χ1v) is 4.39. The molecular formula is C11H12O2. The molecule has 1 aliphatic rings. The Labute approximate surface area is 77.5 Å². The summed E-state index contributed by atoms with van der Waals surface area (Å²) in [6.45, 7) is 0.744. The van der Waals surface area contributed by atoms with Gasteiger partial charge >= 0.3 is 0 Å². The van der Waals surface area contributed by atoms with Gasteiger partial charge in [-0.1, -0.05) is 36.4 Å². The number of aliphatic hydroxyl groups excluding tert-OH is 1. The fourth-order valence-electron chi connectivity index (χ4n) is 1.54. The van der Waals surface area contributed by atoms with E-state index in [9.17, 15) is 0 Å². The molecule has 1 aromatic carbocycles. The summed E-state index contributed by atoms with van der Waals surface area (Å²) in [6.07, 6.45) is 4.05. The number of hydrogen-bond acceptors (Lipinski definition) is 2. The third kappa shape index (κ3) is 1.64. The van der Waals surface area contributed by atoms with Crippen molar-refractivity contribution in [3.8, 4) is 0 Å². The fraction of sp³-hybridized carbons (Fsp3) is 0.273. The van der Waals surface area contributed by atoms with Gasteiger partial charge in [0.2, 0.25) is 0 Å². The van der Waals surface area contributed by atoms with Crippen LogP contribution >= 0.6 is 0 Å². The second-order valence-corrected chi connectivity index (χ2v) is 3.04. The zero-order valence-corrected chi connectivity index (χ0v) is 7.31. The van der Waals surface area contributed by atoms with Gasteiger partial charge in [0.05, 0.1) is 13.2 Å². The maximum absolute atomic E-state index is 9.10. The molecule has 13 heavy (non-hydrogen) atoms. The Morgan fingerprint density at radius 1 is 1.38 bits per heavy atom. The van der Waals surface area contributed by atoms with Gasteiger partial charge in [0, 0.05) is 0 Å². The van der Waals surface area contributed by atoms with Crippen molar-refractivity contribution in [1.29, 1.82) is 0 Å². The second-order valence-electron chi connectivity index (χ2n) is 3.04. The third-order valence-corrected chi connectivity index (χ3v) is 2.21. The predicted molar refractivity (Wildman–Crippen MR) is 50.2 cm³/mol. The molecule has 2 heteroatoms. The van der Waals surface area contributed by atoms with Crippen LogP contribution in [-0.2, 0) is 11.3 Å². The van der Waals surface area contributed by atoms with E-state index in [1.165, 1.54) is 0 Å². The van der Waals surface area contributed by atoms with Crippen LogP contribution in [-0.4, -0.2) is 11.7 Å². The lowest BCUT2D eigenvalue weighted by molar-refractivity contribution is 0.127. The van der Waals surface area contributed by atoms with Crippen molar-refractivity contribution >= 4 is 0 Å². The Morgan fingerprint density at radius 3 is 2.92 bits per heavy atom. The van der Waals surface area contributed by atoms with Crippen molar-refractivity contribution in [2.75, 3.05) is 6.61 Å². The molecule has 0 fully saturated rings. The molecule has 0 aliphatic carbocycles. The third-order valence-electron chi connectivity index (χ3n) is 2.21. The smallest absolute Gasteiger partial charge is 0.101 e. The number of rotatable bonds is 2. The van der Waals surface area contributed by atoms with Gasteiger partial charge in [0.25, 0.3) is 0 Å². The van der Waals surface area contributed by atoms with Crippen LogP contribution in [0.3, 0.4) is 0 Å². The molecule has 1 aromatic rings. The molecule has 1 heterocycles. The lowest BCUT2D eigenvalue weighted by atomic mass is 10.0. The van der Waals surface area contributed by atoms with Crippen LogP contribution in [0.2, 0.25) is 0 Å². The van der Waals surface area contributed by atoms with E-state index in [2.05, 4.69) is 0 Å². The minimum atomic E-state index is 0.0309. The Morgan fingerprint density at radius 2 is 2.23 bits per heavy atom. The van der Waals surface area contributed by atoms with E-state index in [4.69, 9.17) is 9.84 Å². The van der Waals surface area contributed by atoms with E-state index in [1.54, 1.807) is 0 Å². The van der Waals surface area contributed by atoms with E-state index in [-0.39, 0.29) is 12.7 Å². The summed E-state index contributed by atoms with van der Waals surface area (Å²) in [4.78, 5) is 0. The van der Waals surface area contributed by atoms with E-state index in [1.807, 2.05) is 36.4 Å². The van der Waals surface area contributed by atoms with Gasteiger partial charge in [-0.25, -0.2) is 0 Å². The SMILES string of the molecule is OCc1ccccc1C1C=CCO1. The topological polar surface area (TPSA) is 29.5 Å². The van der Waals surface area contributed by atoms with Crippen LogP contribution in [0.4, 0.5) is 0 Å². The first kappa shape index (κ1) is 8.48. The monoisotopic (exact) mass is 176 g/mol. The quantitative estimate of drug-likeness (QED) is 0.696. The fourth-order valence-corrected chi connectivity index (χ4v) is 1.54. The molecule has 2 nitrogen and oxygen atoms in total. The first-order chi connectivity index (χ1) is 6.42. The average molecular weight is 176 g/mol. The molecule has 0 saturated heterocycles. The molecule has 0 amide bonds. The molecule has 1 unspecified atom stereocenters. The van der Waals surface area contributed by atoms with Crippen LogP contribution in [0, 0.1) is 0 Å². The normalized spacial score (nSPS) is 20.8. The lowest BCUT2D eigenvalue weighted by Crippen LogP contribution is -2.00. The van der Waals surface area contributed by atoms with Crippen LogP contribution in [0.25, 0.3) is 0 Å². The molecule has 0 bridgehead atoms. The van der Waals surface area contributed by atoms with Gasteiger partial charge in [0.1, 0.15) is 6.10 Å². The Balaban J connectivity index is 2.32. The summed E-state index contributed by atoms with van der Waals surface area (Å²) < 4.78 is 5.46. The summed E-state index contributed by atoms with van der Waals surface area (Å²) in [5.74, 6) is 0. The van der Waals surface area contributed by atoms with Gasteiger partial charge in [0.15, 0.2) is 0 Å². The Hall–Kier alpha value is -1.12. The number of ether oxygens (including phenoxy) is 1. The maximum Gasteiger partial charge on any atom is 0.101 e. The minimum absolute atomic E-state index is 0.0309. The van der Waals surface area contributed by atoms with Crippen molar-refractivity contribution < 1.29 is 9.84 Å². The van der Waals surface area contributed by atoms with E-state index < -0.39 is 0 Å². The molecule has 2 rings (SSSR count). The van der Waals surface area contributed by atoms with Crippen LogP contribution < -0.4 is 0 Å². The van der Waals surface area contributed by atoms with Gasteiger partial charge in [-0.15, -0.1) is 0 Å². The molecular weight excluding hydrogens is 164 g/mol. The zero-order chi connectivity index (χ0) is 9.10. The highest BCUT2D eigenvalue weighted by atomic mass is 16.5. The van der Waals surface area contributed by atoms with Gasteiger partial charge in [-0.3, -0.25) is 0 Å². The van der Waals surface area contributed by atoms with Crippen molar-refractivity contribution in [2.45, 2.75) is 12.7 Å². The van der Waals surface area contributed by atoms with E-state index >= 15 is 0 Å². The number of benzene rings is 1. The van der Waals surface area contributed by atoms with Gasteiger partial charge in [-0.05, 0) is 11.1 Å². The van der Waals surface area contributed by atoms with Crippen molar-refractivity contribution in [3.63, 3.8) is 0 Å². The first-order valence-electron chi connectivity index (χ1n) is 4.39. The number of aliphatic hydroxyl groups is 1. The largest absolute Gasteiger partial charge is 0.392 e. The van der Waals surface area contributed by atoms with Gasteiger partial charge < -0.3 is 9.84 Å².